The molecule has 1 saturated heterocycles. The van der Waals surface area contributed by atoms with Crippen molar-refractivity contribution in [1.29, 1.82) is 0 Å². The van der Waals surface area contributed by atoms with Crippen molar-refractivity contribution < 1.29 is 0 Å². The molecule has 1 atom stereocenters. The Morgan fingerprint density at radius 2 is 2.16 bits per heavy atom. The van der Waals surface area contributed by atoms with Crippen molar-refractivity contribution in [2.75, 3.05) is 18.0 Å². The van der Waals surface area contributed by atoms with Crippen LogP contribution in [0.4, 0.5) is 5.69 Å². The summed E-state index contributed by atoms with van der Waals surface area (Å²) in [7, 11) is 0. The fourth-order valence-corrected chi connectivity index (χ4v) is 3.60. The summed E-state index contributed by atoms with van der Waals surface area (Å²) in [6, 6.07) is 0.557. The van der Waals surface area contributed by atoms with E-state index in [1.54, 1.807) is 0 Å². The van der Waals surface area contributed by atoms with Crippen molar-refractivity contribution in [3.8, 4) is 0 Å². The first kappa shape index (κ1) is 13.0. The molecule has 0 aromatic carbocycles. The smallest absolute Gasteiger partial charge is 0.0755 e. The van der Waals surface area contributed by atoms with Gasteiger partial charge in [-0.3, -0.25) is 4.68 Å². The van der Waals surface area contributed by atoms with Crippen LogP contribution >= 0.6 is 0 Å². The third-order valence-electron chi connectivity index (χ3n) is 4.86. The van der Waals surface area contributed by atoms with E-state index in [2.05, 4.69) is 35.4 Å². The molecule has 4 nitrogen and oxygen atoms in total. The SMILES string of the molecule is CCn1cc(N2CC3(CCCCC3)NCC2C)cn1. The Labute approximate surface area is 116 Å². The van der Waals surface area contributed by atoms with Crippen LogP contribution in [0.5, 0.6) is 0 Å². The monoisotopic (exact) mass is 262 g/mol. The van der Waals surface area contributed by atoms with Gasteiger partial charge in [0.05, 0.1) is 11.9 Å². The van der Waals surface area contributed by atoms with Crippen LogP contribution in [-0.2, 0) is 6.54 Å². The average Bonchev–Trinajstić information content (AvgIpc) is 2.92. The molecule has 1 aliphatic heterocycles. The van der Waals surface area contributed by atoms with Gasteiger partial charge in [0.1, 0.15) is 0 Å². The Morgan fingerprint density at radius 3 is 2.84 bits per heavy atom. The van der Waals surface area contributed by atoms with Gasteiger partial charge in [-0.05, 0) is 26.7 Å². The van der Waals surface area contributed by atoms with Crippen LogP contribution in [-0.4, -0.2) is 34.5 Å². The summed E-state index contributed by atoms with van der Waals surface area (Å²) >= 11 is 0. The summed E-state index contributed by atoms with van der Waals surface area (Å²) in [5, 5.41) is 8.27. The molecule has 1 unspecified atom stereocenters. The second kappa shape index (κ2) is 5.16. The van der Waals surface area contributed by atoms with E-state index in [0.717, 1.165) is 19.6 Å². The zero-order valence-electron chi connectivity index (χ0n) is 12.2. The average molecular weight is 262 g/mol. The first-order valence-electron chi connectivity index (χ1n) is 7.76. The van der Waals surface area contributed by atoms with E-state index >= 15 is 0 Å². The van der Waals surface area contributed by atoms with Crippen LogP contribution in [0.2, 0.25) is 0 Å². The fourth-order valence-electron chi connectivity index (χ4n) is 3.60. The van der Waals surface area contributed by atoms with Gasteiger partial charge in [0, 0.05) is 37.4 Å². The zero-order valence-corrected chi connectivity index (χ0v) is 12.2. The summed E-state index contributed by atoms with van der Waals surface area (Å²) in [4.78, 5) is 2.56. The standard InChI is InChI=1S/C15H26N4/c1-3-18-11-14(10-17-18)19-12-15(16-9-13(19)2)7-5-4-6-8-15/h10-11,13,16H,3-9,12H2,1-2H3. The van der Waals surface area contributed by atoms with Crippen LogP contribution < -0.4 is 10.2 Å². The summed E-state index contributed by atoms with van der Waals surface area (Å²) in [5.41, 5.74) is 1.65. The van der Waals surface area contributed by atoms with E-state index in [-0.39, 0.29) is 0 Å². The second-order valence-electron chi connectivity index (χ2n) is 6.25. The largest absolute Gasteiger partial charge is 0.363 e. The molecule has 0 amide bonds. The Bertz CT molecular complexity index is 420. The van der Waals surface area contributed by atoms with Gasteiger partial charge in [-0.25, -0.2) is 0 Å². The minimum Gasteiger partial charge on any atom is -0.363 e. The number of anilines is 1. The lowest BCUT2D eigenvalue weighted by Gasteiger charge is -2.49. The predicted octanol–water partition coefficient (Wildman–Crippen LogP) is 2.40. The normalized spacial score (nSPS) is 26.8. The molecule has 2 aliphatic rings. The van der Waals surface area contributed by atoms with E-state index in [9.17, 15) is 0 Å². The van der Waals surface area contributed by atoms with Gasteiger partial charge in [0.25, 0.3) is 0 Å². The highest BCUT2D eigenvalue weighted by atomic mass is 15.3. The number of rotatable bonds is 2. The maximum atomic E-state index is 4.43. The zero-order chi connectivity index (χ0) is 13.3. The predicted molar refractivity (Wildman–Crippen MR) is 78.5 cm³/mol. The van der Waals surface area contributed by atoms with Crippen LogP contribution in [0.1, 0.15) is 46.0 Å². The second-order valence-corrected chi connectivity index (χ2v) is 6.25. The minimum absolute atomic E-state index is 0.360. The maximum Gasteiger partial charge on any atom is 0.0755 e. The molecular formula is C15H26N4. The molecule has 1 aliphatic carbocycles. The molecule has 0 bridgehead atoms. The van der Waals surface area contributed by atoms with E-state index in [1.165, 1.54) is 37.8 Å². The number of nitrogens with one attached hydrogen (secondary N) is 1. The summed E-state index contributed by atoms with van der Waals surface area (Å²) in [6.07, 6.45) is 11.1. The van der Waals surface area contributed by atoms with E-state index < -0.39 is 0 Å². The number of aromatic nitrogens is 2. The van der Waals surface area contributed by atoms with Crippen molar-refractivity contribution in [2.45, 2.75) is 64.1 Å². The Morgan fingerprint density at radius 1 is 1.37 bits per heavy atom. The van der Waals surface area contributed by atoms with Crippen molar-refractivity contribution in [3.05, 3.63) is 12.4 Å². The van der Waals surface area contributed by atoms with Gasteiger partial charge in [-0.2, -0.15) is 5.10 Å². The highest BCUT2D eigenvalue weighted by molar-refractivity contribution is 5.45. The molecule has 4 heteroatoms. The molecule has 0 radical (unpaired) electrons. The van der Waals surface area contributed by atoms with Crippen molar-refractivity contribution in [3.63, 3.8) is 0 Å². The van der Waals surface area contributed by atoms with Gasteiger partial charge in [0.2, 0.25) is 0 Å². The van der Waals surface area contributed by atoms with E-state index in [1.807, 2.05) is 10.9 Å². The molecule has 2 fully saturated rings. The number of hydrogen-bond acceptors (Lipinski definition) is 3. The molecule has 1 aromatic rings. The minimum atomic E-state index is 0.360. The molecule has 106 valence electrons. The lowest BCUT2D eigenvalue weighted by atomic mass is 9.79. The van der Waals surface area contributed by atoms with Gasteiger partial charge >= 0.3 is 0 Å². The number of piperazine rings is 1. The fraction of sp³-hybridized carbons (Fsp3) is 0.800. The summed E-state index contributed by atoms with van der Waals surface area (Å²) < 4.78 is 2.03. The first-order valence-corrected chi connectivity index (χ1v) is 7.76. The Kier molecular flexibility index (Phi) is 3.52. The third-order valence-corrected chi connectivity index (χ3v) is 4.86. The Balaban J connectivity index is 1.78. The molecule has 19 heavy (non-hydrogen) atoms. The number of hydrogen-bond donors (Lipinski definition) is 1. The van der Waals surface area contributed by atoms with Crippen LogP contribution in [0.25, 0.3) is 0 Å². The quantitative estimate of drug-likeness (QED) is 0.888. The molecule has 2 heterocycles. The Hall–Kier alpha value is -1.03. The molecule has 1 spiro atoms. The highest BCUT2D eigenvalue weighted by Crippen LogP contribution is 2.33. The van der Waals surface area contributed by atoms with Crippen LogP contribution in [0.15, 0.2) is 12.4 Å². The van der Waals surface area contributed by atoms with Crippen LogP contribution in [0.3, 0.4) is 0 Å². The number of aryl methyl sites for hydroxylation is 1. The molecular weight excluding hydrogens is 236 g/mol. The molecule has 1 aromatic heterocycles. The summed E-state index contributed by atoms with van der Waals surface area (Å²) in [6.45, 7) is 7.64. The van der Waals surface area contributed by atoms with Crippen molar-refractivity contribution >= 4 is 5.69 Å². The maximum absolute atomic E-state index is 4.43. The number of nitrogens with zero attached hydrogens (tertiary/aromatic N) is 3. The highest BCUT2D eigenvalue weighted by Gasteiger charge is 2.38. The lowest BCUT2D eigenvalue weighted by molar-refractivity contribution is 0.200. The van der Waals surface area contributed by atoms with Gasteiger partial charge in [-0.1, -0.05) is 19.3 Å². The lowest BCUT2D eigenvalue weighted by Crippen LogP contribution is -2.64. The van der Waals surface area contributed by atoms with E-state index in [0.29, 0.717) is 11.6 Å². The molecule has 3 rings (SSSR count). The topological polar surface area (TPSA) is 33.1 Å². The van der Waals surface area contributed by atoms with E-state index in [4.69, 9.17) is 0 Å². The molecule has 1 N–H and O–H groups in total. The van der Waals surface area contributed by atoms with Gasteiger partial charge in [-0.15, -0.1) is 0 Å². The summed E-state index contributed by atoms with van der Waals surface area (Å²) in [5.74, 6) is 0. The van der Waals surface area contributed by atoms with Crippen molar-refractivity contribution in [1.82, 2.24) is 15.1 Å². The van der Waals surface area contributed by atoms with Gasteiger partial charge < -0.3 is 10.2 Å². The molecule has 1 saturated carbocycles. The van der Waals surface area contributed by atoms with Crippen molar-refractivity contribution in [2.24, 2.45) is 0 Å². The van der Waals surface area contributed by atoms with Gasteiger partial charge in [0.15, 0.2) is 0 Å². The van der Waals surface area contributed by atoms with Crippen LogP contribution in [0, 0.1) is 0 Å². The third kappa shape index (κ3) is 2.50. The first-order chi connectivity index (χ1) is 9.22.